The molecule has 3 aromatic carbocycles. The molecule has 4 aromatic rings. The fourth-order valence-electron chi connectivity index (χ4n) is 2.99. The van der Waals surface area contributed by atoms with Gasteiger partial charge in [-0.25, -0.2) is 27.9 Å². The zero-order valence-corrected chi connectivity index (χ0v) is 17.3. The highest BCUT2D eigenvalue weighted by molar-refractivity contribution is 6.31. The number of nitrogens with zero attached hydrogens (tertiary/aromatic N) is 2. The van der Waals surface area contributed by atoms with Gasteiger partial charge >= 0.3 is 6.03 Å². The van der Waals surface area contributed by atoms with Crippen molar-refractivity contribution in [3.8, 4) is 0 Å². The second-order valence-corrected chi connectivity index (χ2v) is 7.12. The van der Waals surface area contributed by atoms with E-state index in [-0.39, 0.29) is 10.7 Å². The van der Waals surface area contributed by atoms with E-state index in [1.807, 2.05) is 5.32 Å². The zero-order chi connectivity index (χ0) is 23.5. The van der Waals surface area contributed by atoms with Gasteiger partial charge in [0.1, 0.15) is 35.2 Å². The molecule has 33 heavy (non-hydrogen) atoms. The smallest absolute Gasteiger partial charge is 0.326 e. The second kappa shape index (κ2) is 9.13. The number of fused-ring (bicyclic) bond motifs is 1. The number of hydrogen-bond donors (Lipinski definition) is 3. The number of halogens is 4. The first-order valence-electron chi connectivity index (χ1n) is 9.35. The summed E-state index contributed by atoms with van der Waals surface area (Å²) in [5.74, 6) is -3.56. The van der Waals surface area contributed by atoms with E-state index in [1.165, 1.54) is 36.7 Å². The number of urea groups is 1. The lowest BCUT2D eigenvalue weighted by Gasteiger charge is -2.11. The highest BCUT2D eigenvalue weighted by atomic mass is 35.5. The number of anilines is 3. The first-order valence-corrected chi connectivity index (χ1v) is 9.73. The molecule has 0 radical (unpaired) electrons. The lowest BCUT2D eigenvalue weighted by atomic mass is 10.2. The van der Waals surface area contributed by atoms with Crippen LogP contribution in [0.4, 0.5) is 35.2 Å². The van der Waals surface area contributed by atoms with E-state index in [1.54, 1.807) is 6.07 Å². The first kappa shape index (κ1) is 22.0. The van der Waals surface area contributed by atoms with Crippen molar-refractivity contribution in [2.24, 2.45) is 0 Å². The summed E-state index contributed by atoms with van der Waals surface area (Å²) < 4.78 is 40.8. The molecule has 0 fully saturated rings. The van der Waals surface area contributed by atoms with Crippen LogP contribution in [0.1, 0.15) is 10.4 Å². The van der Waals surface area contributed by atoms with Gasteiger partial charge < -0.3 is 10.6 Å². The van der Waals surface area contributed by atoms with Gasteiger partial charge in [-0.1, -0.05) is 17.7 Å². The van der Waals surface area contributed by atoms with Gasteiger partial charge in [-0.2, -0.15) is 0 Å². The summed E-state index contributed by atoms with van der Waals surface area (Å²) in [6, 6.07) is 10.7. The Morgan fingerprint density at radius 1 is 0.848 bits per heavy atom. The molecule has 11 heteroatoms. The van der Waals surface area contributed by atoms with Gasteiger partial charge in [0.15, 0.2) is 0 Å². The molecule has 3 N–H and O–H groups in total. The number of carbonyl (C=O) groups is 2. The quantitative estimate of drug-likeness (QED) is 0.370. The van der Waals surface area contributed by atoms with Gasteiger partial charge in [-0.15, -0.1) is 0 Å². The van der Waals surface area contributed by atoms with Crippen LogP contribution in [-0.4, -0.2) is 21.9 Å². The standard InChI is InChI=1S/C22H13ClF3N5O2/c23-14-8-11(5-7-15(14)24)29-20-13-6-4-12(9-18(13)27-10-28-20)30-22(33)31-21(32)19-16(25)2-1-3-17(19)26/h1-10H,(H,27,28,29)(H2,30,31,32,33). The van der Waals surface area contributed by atoms with Crippen molar-refractivity contribution >= 4 is 51.6 Å². The average molecular weight is 472 g/mol. The average Bonchev–Trinajstić information content (AvgIpc) is 2.76. The van der Waals surface area contributed by atoms with Crippen molar-refractivity contribution in [3.05, 3.63) is 89.0 Å². The lowest BCUT2D eigenvalue weighted by molar-refractivity contribution is 0.0959. The molecule has 0 saturated carbocycles. The fraction of sp³-hybridized carbons (Fsp3) is 0. The van der Waals surface area contributed by atoms with E-state index in [4.69, 9.17) is 11.6 Å². The van der Waals surface area contributed by atoms with Crippen LogP contribution in [0, 0.1) is 17.5 Å². The Kier molecular flexibility index (Phi) is 6.09. The molecule has 1 heterocycles. The normalized spacial score (nSPS) is 10.7. The van der Waals surface area contributed by atoms with E-state index in [2.05, 4.69) is 20.6 Å². The number of imide groups is 1. The summed E-state index contributed by atoms with van der Waals surface area (Å²) in [6.45, 7) is 0. The Bertz CT molecular complexity index is 1380. The summed E-state index contributed by atoms with van der Waals surface area (Å²) >= 11 is 5.80. The third kappa shape index (κ3) is 4.85. The Labute approximate surface area is 189 Å². The summed E-state index contributed by atoms with van der Waals surface area (Å²) in [6.07, 6.45) is 1.28. The highest BCUT2D eigenvalue weighted by Gasteiger charge is 2.19. The van der Waals surface area contributed by atoms with Crippen molar-refractivity contribution in [3.63, 3.8) is 0 Å². The van der Waals surface area contributed by atoms with E-state index in [0.717, 1.165) is 18.2 Å². The lowest BCUT2D eigenvalue weighted by Crippen LogP contribution is -2.35. The topological polar surface area (TPSA) is 96.0 Å². The SMILES string of the molecule is O=C(NC(=O)c1c(F)cccc1F)Nc1ccc2c(Nc3ccc(F)c(Cl)c3)ncnc2c1. The number of aromatic nitrogens is 2. The van der Waals surface area contributed by atoms with Crippen LogP contribution in [0.2, 0.25) is 5.02 Å². The van der Waals surface area contributed by atoms with Crippen LogP contribution in [0.15, 0.2) is 60.9 Å². The number of hydrogen-bond acceptors (Lipinski definition) is 5. The molecule has 1 aromatic heterocycles. The Balaban J connectivity index is 1.51. The summed E-state index contributed by atoms with van der Waals surface area (Å²) in [5, 5.41) is 7.81. The highest BCUT2D eigenvalue weighted by Crippen LogP contribution is 2.27. The monoisotopic (exact) mass is 471 g/mol. The van der Waals surface area contributed by atoms with Crippen LogP contribution >= 0.6 is 11.6 Å². The van der Waals surface area contributed by atoms with Gasteiger partial charge in [0, 0.05) is 16.8 Å². The van der Waals surface area contributed by atoms with Crippen molar-refractivity contribution in [2.45, 2.75) is 0 Å². The van der Waals surface area contributed by atoms with Crippen LogP contribution in [-0.2, 0) is 0 Å². The second-order valence-electron chi connectivity index (χ2n) is 6.71. The minimum Gasteiger partial charge on any atom is -0.340 e. The van der Waals surface area contributed by atoms with E-state index < -0.39 is 35.0 Å². The summed E-state index contributed by atoms with van der Waals surface area (Å²) in [4.78, 5) is 32.5. The summed E-state index contributed by atoms with van der Waals surface area (Å²) in [5.41, 5.74) is 0.332. The molecule has 0 aliphatic carbocycles. The number of amides is 3. The largest absolute Gasteiger partial charge is 0.340 e. The maximum absolute atomic E-state index is 13.7. The van der Waals surface area contributed by atoms with Gasteiger partial charge in [0.25, 0.3) is 5.91 Å². The number of carbonyl (C=O) groups excluding carboxylic acids is 2. The third-order valence-electron chi connectivity index (χ3n) is 4.49. The molecule has 0 aliphatic rings. The van der Waals surface area contributed by atoms with Crippen LogP contribution in [0.3, 0.4) is 0 Å². The fourth-order valence-corrected chi connectivity index (χ4v) is 3.17. The molecule has 0 atom stereocenters. The Hall–Kier alpha value is -4.18. The van der Waals surface area contributed by atoms with Crippen LogP contribution in [0.5, 0.6) is 0 Å². The van der Waals surface area contributed by atoms with E-state index in [9.17, 15) is 22.8 Å². The summed E-state index contributed by atoms with van der Waals surface area (Å²) in [7, 11) is 0. The van der Waals surface area contributed by atoms with Gasteiger partial charge in [-0.3, -0.25) is 10.1 Å². The van der Waals surface area contributed by atoms with Gasteiger partial charge in [-0.05, 0) is 48.5 Å². The third-order valence-corrected chi connectivity index (χ3v) is 4.78. The Morgan fingerprint density at radius 2 is 1.58 bits per heavy atom. The molecule has 4 rings (SSSR count). The molecule has 166 valence electrons. The maximum atomic E-state index is 13.7. The molecule has 0 bridgehead atoms. The molecule has 3 amide bonds. The number of rotatable bonds is 4. The number of nitrogens with one attached hydrogen (secondary N) is 3. The van der Waals surface area contributed by atoms with E-state index in [0.29, 0.717) is 22.4 Å². The first-order chi connectivity index (χ1) is 15.8. The van der Waals surface area contributed by atoms with Gasteiger partial charge in [0.2, 0.25) is 0 Å². The van der Waals surface area contributed by atoms with Crippen molar-refractivity contribution < 1.29 is 22.8 Å². The molecule has 0 unspecified atom stereocenters. The minimum absolute atomic E-state index is 0.0549. The van der Waals surface area contributed by atoms with Gasteiger partial charge in [0.05, 0.1) is 10.5 Å². The predicted octanol–water partition coefficient (Wildman–Crippen LogP) is 5.41. The molecular weight excluding hydrogens is 459 g/mol. The molecular formula is C22H13ClF3N5O2. The van der Waals surface area contributed by atoms with Crippen molar-refractivity contribution in [1.29, 1.82) is 0 Å². The molecule has 0 spiro atoms. The molecule has 0 saturated heterocycles. The maximum Gasteiger partial charge on any atom is 0.326 e. The Morgan fingerprint density at radius 3 is 2.30 bits per heavy atom. The van der Waals surface area contributed by atoms with Crippen molar-refractivity contribution in [2.75, 3.05) is 10.6 Å². The minimum atomic E-state index is -1.23. The van der Waals surface area contributed by atoms with Crippen LogP contribution < -0.4 is 16.0 Å². The van der Waals surface area contributed by atoms with Crippen LogP contribution in [0.25, 0.3) is 10.9 Å². The molecule has 0 aliphatic heterocycles. The predicted molar refractivity (Wildman–Crippen MR) is 117 cm³/mol. The van der Waals surface area contributed by atoms with Crippen molar-refractivity contribution in [1.82, 2.24) is 15.3 Å². The number of benzene rings is 3. The zero-order valence-electron chi connectivity index (χ0n) is 16.5. The molecule has 7 nitrogen and oxygen atoms in total. The van der Waals surface area contributed by atoms with E-state index >= 15 is 0 Å².